The van der Waals surface area contributed by atoms with E-state index in [0.29, 0.717) is 5.56 Å². The molecule has 0 unspecified atom stereocenters. The largest absolute Gasteiger partial charge is 0.481 e. The molecule has 2 aromatic rings. The average molecular weight is 216 g/mol. The van der Waals surface area contributed by atoms with Gasteiger partial charge in [0.1, 0.15) is 0 Å². The lowest BCUT2D eigenvalue weighted by molar-refractivity contribution is -0.139. The van der Waals surface area contributed by atoms with Gasteiger partial charge in [-0.15, -0.1) is 0 Å². The molecule has 0 aliphatic carbocycles. The van der Waals surface area contributed by atoms with Crippen LogP contribution in [0.25, 0.3) is 10.8 Å². The van der Waals surface area contributed by atoms with Crippen molar-refractivity contribution >= 4 is 16.7 Å². The molecule has 0 spiro atoms. The van der Waals surface area contributed by atoms with Crippen LogP contribution in [-0.2, 0) is 4.79 Å². The number of benzene rings is 2. The number of carboxylic acids is 1. The van der Waals surface area contributed by atoms with Gasteiger partial charge in [-0.25, -0.2) is 0 Å². The van der Waals surface area contributed by atoms with Crippen LogP contribution < -0.4 is 0 Å². The molecule has 82 valence electrons. The lowest BCUT2D eigenvalue weighted by atomic mass is 10.0. The highest BCUT2D eigenvalue weighted by Crippen LogP contribution is 2.22. The second-order valence-electron chi connectivity index (χ2n) is 3.72. The van der Waals surface area contributed by atoms with Crippen molar-refractivity contribution < 1.29 is 15.0 Å². The fraction of sp³-hybridized carbons (Fsp3) is 0.154. The summed E-state index contributed by atoms with van der Waals surface area (Å²) in [5.41, 5.74) is 0.640. The Balaban J connectivity index is 2.35. The first-order valence-electron chi connectivity index (χ1n) is 5.05. The molecule has 2 rings (SSSR count). The van der Waals surface area contributed by atoms with Crippen LogP contribution in [0.15, 0.2) is 42.5 Å². The molecule has 0 saturated heterocycles. The summed E-state index contributed by atoms with van der Waals surface area (Å²) in [5.74, 6) is -0.999. The van der Waals surface area contributed by atoms with Crippen LogP contribution in [0, 0.1) is 0 Å². The van der Waals surface area contributed by atoms with Gasteiger partial charge < -0.3 is 10.2 Å². The van der Waals surface area contributed by atoms with Gasteiger partial charge in [0.15, 0.2) is 0 Å². The van der Waals surface area contributed by atoms with Gasteiger partial charge in [0.25, 0.3) is 0 Å². The summed E-state index contributed by atoms with van der Waals surface area (Å²) in [6.45, 7) is 0. The first-order chi connectivity index (χ1) is 7.66. The average Bonchev–Trinajstić information content (AvgIpc) is 2.27. The van der Waals surface area contributed by atoms with Crippen LogP contribution in [-0.4, -0.2) is 16.2 Å². The van der Waals surface area contributed by atoms with Gasteiger partial charge in [-0.3, -0.25) is 4.79 Å². The molecule has 0 saturated carbocycles. The highest BCUT2D eigenvalue weighted by molar-refractivity contribution is 5.83. The first kappa shape index (κ1) is 10.6. The summed E-state index contributed by atoms with van der Waals surface area (Å²) in [6, 6.07) is 13.2. The van der Waals surface area contributed by atoms with E-state index in [2.05, 4.69) is 0 Å². The van der Waals surface area contributed by atoms with E-state index in [4.69, 9.17) is 5.11 Å². The molecule has 2 N–H and O–H groups in total. The topological polar surface area (TPSA) is 57.5 Å². The Bertz CT molecular complexity index is 519. The van der Waals surface area contributed by atoms with Gasteiger partial charge in [-0.2, -0.15) is 0 Å². The minimum atomic E-state index is -0.999. The SMILES string of the molecule is O=C(O)C[C@H](O)c1ccc2ccccc2c1. The first-order valence-corrected chi connectivity index (χ1v) is 5.05. The molecule has 0 heterocycles. The highest BCUT2D eigenvalue weighted by atomic mass is 16.4. The molecule has 3 heteroatoms. The second-order valence-corrected chi connectivity index (χ2v) is 3.72. The van der Waals surface area contributed by atoms with Crippen LogP contribution in [0.2, 0.25) is 0 Å². The molecule has 0 bridgehead atoms. The number of carbonyl (C=O) groups is 1. The van der Waals surface area contributed by atoms with Crippen LogP contribution in [0.1, 0.15) is 18.1 Å². The van der Waals surface area contributed by atoms with E-state index in [9.17, 15) is 9.90 Å². The molecule has 0 fully saturated rings. The second kappa shape index (κ2) is 4.33. The third-order valence-electron chi connectivity index (χ3n) is 2.53. The van der Waals surface area contributed by atoms with Crippen molar-refractivity contribution in [1.29, 1.82) is 0 Å². The van der Waals surface area contributed by atoms with Crippen LogP contribution in [0.5, 0.6) is 0 Å². The predicted molar refractivity (Wildman–Crippen MR) is 61.2 cm³/mol. The van der Waals surface area contributed by atoms with Crippen molar-refractivity contribution in [3.8, 4) is 0 Å². The van der Waals surface area contributed by atoms with E-state index in [1.807, 2.05) is 36.4 Å². The molecule has 16 heavy (non-hydrogen) atoms. The molecule has 1 atom stereocenters. The number of rotatable bonds is 3. The van der Waals surface area contributed by atoms with Crippen molar-refractivity contribution in [1.82, 2.24) is 0 Å². The standard InChI is InChI=1S/C13H12O3/c14-12(8-13(15)16)11-6-5-9-3-1-2-4-10(9)7-11/h1-7,12,14H,8H2,(H,15,16)/t12-/m0/s1. The Kier molecular flexibility index (Phi) is 2.88. The van der Waals surface area contributed by atoms with E-state index in [1.165, 1.54) is 0 Å². The van der Waals surface area contributed by atoms with Crippen LogP contribution >= 0.6 is 0 Å². The van der Waals surface area contributed by atoms with Crippen molar-refractivity contribution in [3.63, 3.8) is 0 Å². The van der Waals surface area contributed by atoms with Crippen LogP contribution in [0.3, 0.4) is 0 Å². The zero-order chi connectivity index (χ0) is 11.5. The Morgan fingerprint density at radius 1 is 1.12 bits per heavy atom. The lowest BCUT2D eigenvalue weighted by Crippen LogP contribution is -2.05. The molecule has 0 aromatic heterocycles. The van der Waals surface area contributed by atoms with Gasteiger partial charge in [0, 0.05) is 0 Å². The minimum absolute atomic E-state index is 0.266. The van der Waals surface area contributed by atoms with Gasteiger partial charge in [0.05, 0.1) is 12.5 Å². The Labute approximate surface area is 93.0 Å². The molecule has 0 aliphatic heterocycles. The molecule has 0 radical (unpaired) electrons. The van der Waals surface area contributed by atoms with Gasteiger partial charge in [-0.1, -0.05) is 36.4 Å². The normalized spacial score (nSPS) is 12.6. The Morgan fingerprint density at radius 3 is 2.50 bits per heavy atom. The maximum atomic E-state index is 10.5. The molecule has 0 amide bonds. The fourth-order valence-electron chi connectivity index (χ4n) is 1.70. The number of aliphatic hydroxyl groups excluding tert-OH is 1. The Morgan fingerprint density at radius 2 is 1.81 bits per heavy atom. The maximum absolute atomic E-state index is 10.5. The number of fused-ring (bicyclic) bond motifs is 1. The van der Waals surface area contributed by atoms with Gasteiger partial charge in [-0.05, 0) is 22.4 Å². The molecular weight excluding hydrogens is 204 g/mol. The summed E-state index contributed by atoms with van der Waals surface area (Å²) in [6.07, 6.45) is -1.21. The fourth-order valence-corrected chi connectivity index (χ4v) is 1.70. The number of hydrogen-bond acceptors (Lipinski definition) is 2. The third-order valence-corrected chi connectivity index (χ3v) is 2.53. The van der Waals surface area contributed by atoms with Crippen molar-refractivity contribution in [3.05, 3.63) is 48.0 Å². The number of carboxylic acid groups (broad SMARTS) is 1. The highest BCUT2D eigenvalue weighted by Gasteiger charge is 2.11. The molecule has 0 aliphatic rings. The zero-order valence-corrected chi connectivity index (χ0v) is 8.63. The summed E-state index contributed by atoms with van der Waals surface area (Å²) in [4.78, 5) is 10.5. The quantitative estimate of drug-likeness (QED) is 0.828. The Hall–Kier alpha value is -1.87. The predicted octanol–water partition coefficient (Wildman–Crippen LogP) is 2.35. The summed E-state index contributed by atoms with van der Waals surface area (Å²) >= 11 is 0. The summed E-state index contributed by atoms with van der Waals surface area (Å²) < 4.78 is 0. The molecule has 2 aromatic carbocycles. The van der Waals surface area contributed by atoms with Gasteiger partial charge in [0.2, 0.25) is 0 Å². The maximum Gasteiger partial charge on any atom is 0.306 e. The minimum Gasteiger partial charge on any atom is -0.481 e. The lowest BCUT2D eigenvalue weighted by Gasteiger charge is -2.09. The molecular formula is C13H12O3. The van der Waals surface area contributed by atoms with E-state index in [1.54, 1.807) is 6.07 Å². The van der Waals surface area contributed by atoms with E-state index in [0.717, 1.165) is 10.8 Å². The summed E-state index contributed by atoms with van der Waals surface area (Å²) in [7, 11) is 0. The number of aliphatic carboxylic acids is 1. The van der Waals surface area contributed by atoms with E-state index in [-0.39, 0.29) is 6.42 Å². The summed E-state index contributed by atoms with van der Waals surface area (Å²) in [5, 5.41) is 20.3. The zero-order valence-electron chi connectivity index (χ0n) is 8.63. The van der Waals surface area contributed by atoms with Crippen LogP contribution in [0.4, 0.5) is 0 Å². The third kappa shape index (κ3) is 2.20. The van der Waals surface area contributed by atoms with Gasteiger partial charge >= 0.3 is 5.97 Å². The van der Waals surface area contributed by atoms with Crippen molar-refractivity contribution in [2.45, 2.75) is 12.5 Å². The van der Waals surface area contributed by atoms with E-state index < -0.39 is 12.1 Å². The van der Waals surface area contributed by atoms with Crippen molar-refractivity contribution in [2.75, 3.05) is 0 Å². The monoisotopic (exact) mass is 216 g/mol. The smallest absolute Gasteiger partial charge is 0.306 e. The van der Waals surface area contributed by atoms with Crippen molar-refractivity contribution in [2.24, 2.45) is 0 Å². The number of hydrogen-bond donors (Lipinski definition) is 2. The van der Waals surface area contributed by atoms with E-state index >= 15 is 0 Å². The number of aliphatic hydroxyl groups is 1. The molecule has 3 nitrogen and oxygen atoms in total.